The molecule has 1 N–H and O–H groups in total. The molecule has 140 valence electrons. The zero-order valence-electron chi connectivity index (χ0n) is 14.5. The average molecular weight is 394 g/mol. The molecule has 0 unspecified atom stereocenters. The minimum atomic E-state index is -0.351. The van der Waals surface area contributed by atoms with E-state index in [2.05, 4.69) is 15.3 Å². The molecule has 5 rings (SSSR count). The summed E-state index contributed by atoms with van der Waals surface area (Å²) in [5.41, 5.74) is 1.06. The first-order valence-electron chi connectivity index (χ1n) is 8.61. The van der Waals surface area contributed by atoms with Gasteiger partial charge in [0.05, 0.1) is 27.4 Å². The van der Waals surface area contributed by atoms with E-state index in [1.54, 1.807) is 24.3 Å². The fourth-order valence-electron chi connectivity index (χ4n) is 3.05. The van der Waals surface area contributed by atoms with Crippen LogP contribution in [0.5, 0.6) is 11.5 Å². The zero-order valence-corrected chi connectivity index (χ0v) is 15.4. The van der Waals surface area contributed by atoms with Crippen molar-refractivity contribution in [1.82, 2.24) is 14.5 Å². The second-order valence-electron chi connectivity index (χ2n) is 6.23. The monoisotopic (exact) mass is 394 g/mol. The van der Waals surface area contributed by atoms with E-state index in [0.29, 0.717) is 46.3 Å². The van der Waals surface area contributed by atoms with Gasteiger partial charge in [0.25, 0.3) is 5.56 Å². The van der Waals surface area contributed by atoms with E-state index in [1.807, 2.05) is 12.1 Å². The highest BCUT2D eigenvalue weighted by molar-refractivity contribution is 7.22. The number of amides is 1. The number of carbonyl (C=O) groups is 1. The first kappa shape index (κ1) is 16.7. The molecule has 0 aliphatic carbocycles. The van der Waals surface area contributed by atoms with Crippen LogP contribution in [0.2, 0.25) is 0 Å². The Labute approximate surface area is 162 Å². The van der Waals surface area contributed by atoms with Crippen LogP contribution in [0.3, 0.4) is 0 Å². The molecule has 2 aromatic carbocycles. The molecule has 0 fully saturated rings. The highest BCUT2D eigenvalue weighted by Crippen LogP contribution is 2.37. The van der Waals surface area contributed by atoms with Crippen molar-refractivity contribution in [3.05, 3.63) is 53.1 Å². The largest absolute Gasteiger partial charge is 0.486 e. The summed E-state index contributed by atoms with van der Waals surface area (Å²) in [6, 6.07) is 10.7. The van der Waals surface area contributed by atoms with Crippen molar-refractivity contribution in [3.8, 4) is 11.5 Å². The summed E-state index contributed by atoms with van der Waals surface area (Å²) in [5, 5.41) is 3.67. The lowest BCUT2D eigenvalue weighted by Gasteiger charge is -2.17. The van der Waals surface area contributed by atoms with Crippen LogP contribution in [0, 0.1) is 0 Å². The Morgan fingerprint density at radius 2 is 1.93 bits per heavy atom. The lowest BCUT2D eigenvalue weighted by Crippen LogP contribution is -2.27. The number of para-hydroxylation sites is 1. The maximum atomic E-state index is 12.5. The van der Waals surface area contributed by atoms with Crippen LogP contribution >= 0.6 is 11.3 Å². The number of nitrogens with one attached hydrogen (secondary N) is 1. The van der Waals surface area contributed by atoms with E-state index in [4.69, 9.17) is 9.47 Å². The second kappa shape index (κ2) is 6.61. The Balaban J connectivity index is 1.38. The number of anilines is 1. The third-order valence-electron chi connectivity index (χ3n) is 4.34. The molecule has 4 aromatic rings. The summed E-state index contributed by atoms with van der Waals surface area (Å²) >= 11 is 1.33. The van der Waals surface area contributed by atoms with Gasteiger partial charge < -0.3 is 14.8 Å². The van der Waals surface area contributed by atoms with Gasteiger partial charge in [-0.2, -0.15) is 0 Å². The number of hydrogen-bond acceptors (Lipinski definition) is 7. The summed E-state index contributed by atoms with van der Waals surface area (Å²) in [4.78, 5) is 33.6. The maximum absolute atomic E-state index is 12.5. The smallest absolute Gasteiger partial charge is 0.261 e. The molecule has 1 aliphatic rings. The van der Waals surface area contributed by atoms with Gasteiger partial charge in [0.15, 0.2) is 16.6 Å². The number of rotatable bonds is 3. The topological polar surface area (TPSA) is 95.3 Å². The molecule has 0 bridgehead atoms. The molecule has 0 spiro atoms. The van der Waals surface area contributed by atoms with Gasteiger partial charge in [-0.15, -0.1) is 0 Å². The minimum Gasteiger partial charge on any atom is -0.486 e. The van der Waals surface area contributed by atoms with Crippen molar-refractivity contribution < 1.29 is 14.3 Å². The zero-order chi connectivity index (χ0) is 19.1. The van der Waals surface area contributed by atoms with Gasteiger partial charge in [0.1, 0.15) is 19.8 Å². The lowest BCUT2D eigenvalue weighted by atomic mass is 10.2. The Morgan fingerprint density at radius 1 is 1.14 bits per heavy atom. The molecular formula is C19H14N4O4S. The summed E-state index contributed by atoms with van der Waals surface area (Å²) in [6.07, 6.45) is 1.38. The minimum absolute atomic E-state index is 0.144. The third kappa shape index (κ3) is 2.95. The summed E-state index contributed by atoms with van der Waals surface area (Å²) < 4.78 is 13.3. The molecule has 0 radical (unpaired) electrons. The van der Waals surface area contributed by atoms with E-state index in [9.17, 15) is 9.59 Å². The summed E-state index contributed by atoms with van der Waals surface area (Å²) in [7, 11) is 0. The third-order valence-corrected chi connectivity index (χ3v) is 5.28. The molecular weight excluding hydrogens is 380 g/mol. The molecule has 28 heavy (non-hydrogen) atoms. The maximum Gasteiger partial charge on any atom is 0.261 e. The van der Waals surface area contributed by atoms with Crippen molar-refractivity contribution in [1.29, 1.82) is 0 Å². The Hall–Kier alpha value is -3.46. The number of thiazole rings is 1. The number of nitrogens with zero attached hydrogens (tertiary/aromatic N) is 3. The first-order valence-corrected chi connectivity index (χ1v) is 9.43. The predicted molar refractivity (Wildman–Crippen MR) is 105 cm³/mol. The van der Waals surface area contributed by atoms with E-state index < -0.39 is 0 Å². The van der Waals surface area contributed by atoms with Crippen molar-refractivity contribution in [2.75, 3.05) is 18.5 Å². The van der Waals surface area contributed by atoms with E-state index in [-0.39, 0.29) is 18.0 Å². The van der Waals surface area contributed by atoms with Crippen molar-refractivity contribution in [2.45, 2.75) is 6.54 Å². The van der Waals surface area contributed by atoms with Gasteiger partial charge >= 0.3 is 0 Å². The normalized spacial score (nSPS) is 13.0. The van der Waals surface area contributed by atoms with Crippen LogP contribution < -0.4 is 20.3 Å². The number of benzene rings is 2. The molecule has 9 heteroatoms. The number of carbonyl (C=O) groups excluding carboxylic acids is 1. The van der Waals surface area contributed by atoms with Crippen molar-refractivity contribution in [3.63, 3.8) is 0 Å². The van der Waals surface area contributed by atoms with E-state index in [1.165, 1.54) is 22.2 Å². The number of hydrogen-bond donors (Lipinski definition) is 1. The molecule has 1 amide bonds. The van der Waals surface area contributed by atoms with Gasteiger partial charge in [-0.3, -0.25) is 14.2 Å². The number of ether oxygens (including phenoxy) is 2. The van der Waals surface area contributed by atoms with Gasteiger partial charge in [0, 0.05) is 12.1 Å². The molecule has 3 heterocycles. The first-order chi connectivity index (χ1) is 13.7. The van der Waals surface area contributed by atoms with Gasteiger partial charge in [-0.05, 0) is 12.1 Å². The van der Waals surface area contributed by atoms with Crippen molar-refractivity contribution >= 4 is 43.5 Å². The summed E-state index contributed by atoms with van der Waals surface area (Å²) in [5.74, 6) is 0.972. The quantitative estimate of drug-likeness (QED) is 0.573. The van der Waals surface area contributed by atoms with Crippen molar-refractivity contribution in [2.24, 2.45) is 0 Å². The van der Waals surface area contributed by atoms with Crippen LogP contribution in [0.4, 0.5) is 5.13 Å². The second-order valence-corrected chi connectivity index (χ2v) is 7.26. The van der Waals surface area contributed by atoms with Crippen LogP contribution in [0.25, 0.3) is 21.1 Å². The fourth-order valence-corrected chi connectivity index (χ4v) is 3.94. The van der Waals surface area contributed by atoms with E-state index in [0.717, 1.165) is 4.70 Å². The molecule has 8 nitrogen and oxygen atoms in total. The Morgan fingerprint density at radius 3 is 2.79 bits per heavy atom. The standard InChI is InChI=1S/C19H14N4O4S/c24-17(9-23-10-20-12-4-2-1-3-11(12)18(23)25)22-19-21-13-7-14-15(8-16(13)28-19)27-6-5-26-14/h1-4,7-8,10H,5-6,9H2,(H,21,22,24). The van der Waals surface area contributed by atoms with Crippen LogP contribution in [-0.2, 0) is 11.3 Å². The van der Waals surface area contributed by atoms with Gasteiger partial charge in [-0.25, -0.2) is 9.97 Å². The molecule has 1 aliphatic heterocycles. The molecule has 0 saturated heterocycles. The van der Waals surface area contributed by atoms with E-state index >= 15 is 0 Å². The highest BCUT2D eigenvalue weighted by Gasteiger charge is 2.16. The predicted octanol–water partition coefficient (Wildman–Crippen LogP) is 2.42. The summed E-state index contributed by atoms with van der Waals surface area (Å²) in [6.45, 7) is 0.867. The SMILES string of the molecule is O=C(Cn1cnc2ccccc2c1=O)Nc1nc2cc3c(cc2s1)OCCO3. The number of aromatic nitrogens is 3. The molecule has 0 saturated carbocycles. The Bertz CT molecular complexity index is 1240. The average Bonchev–Trinajstić information content (AvgIpc) is 3.09. The van der Waals surface area contributed by atoms with Crippen LogP contribution in [-0.4, -0.2) is 33.7 Å². The van der Waals surface area contributed by atoms with Crippen LogP contribution in [0.1, 0.15) is 0 Å². The molecule has 2 aromatic heterocycles. The fraction of sp³-hybridized carbons (Fsp3) is 0.158. The van der Waals surface area contributed by atoms with Gasteiger partial charge in [0.2, 0.25) is 5.91 Å². The van der Waals surface area contributed by atoms with Crippen LogP contribution in [0.15, 0.2) is 47.5 Å². The molecule has 0 atom stereocenters. The lowest BCUT2D eigenvalue weighted by molar-refractivity contribution is -0.116. The highest BCUT2D eigenvalue weighted by atomic mass is 32.1. The van der Waals surface area contributed by atoms with Gasteiger partial charge in [-0.1, -0.05) is 23.5 Å². The Kier molecular flexibility index (Phi) is 3.94. The number of fused-ring (bicyclic) bond motifs is 3.